The summed E-state index contributed by atoms with van der Waals surface area (Å²) in [5.74, 6) is 1.82. The van der Waals surface area contributed by atoms with E-state index < -0.39 is 0 Å². The van der Waals surface area contributed by atoms with Crippen LogP contribution < -0.4 is 4.90 Å². The molecule has 2 aromatic rings. The molecular weight excluding hydrogens is 374 g/mol. The van der Waals surface area contributed by atoms with Crippen LogP contribution in [-0.2, 0) is 17.6 Å². The molecule has 8 heteroatoms. The van der Waals surface area contributed by atoms with Crippen molar-refractivity contribution >= 4 is 33.4 Å². The van der Waals surface area contributed by atoms with Crippen molar-refractivity contribution in [1.82, 2.24) is 19.8 Å². The predicted octanol–water partition coefficient (Wildman–Crippen LogP) is 2.39. The zero-order valence-electron chi connectivity index (χ0n) is 16.4. The zero-order valence-corrected chi connectivity index (χ0v) is 17.2. The Morgan fingerprint density at radius 3 is 2.64 bits per heavy atom. The van der Waals surface area contributed by atoms with E-state index in [0.717, 1.165) is 55.6 Å². The molecule has 2 amide bonds. The van der Waals surface area contributed by atoms with Gasteiger partial charge in [-0.3, -0.25) is 0 Å². The number of morpholine rings is 1. The summed E-state index contributed by atoms with van der Waals surface area (Å²) in [7, 11) is 0. The molecule has 0 aromatic carbocycles. The molecule has 2 saturated heterocycles. The lowest BCUT2D eigenvalue weighted by molar-refractivity contribution is 0.0428. The van der Waals surface area contributed by atoms with Gasteiger partial charge in [0, 0.05) is 44.1 Å². The van der Waals surface area contributed by atoms with Crippen LogP contribution in [0.2, 0.25) is 0 Å². The van der Waals surface area contributed by atoms with Crippen molar-refractivity contribution in [2.24, 2.45) is 5.92 Å². The van der Waals surface area contributed by atoms with Gasteiger partial charge in [-0.15, -0.1) is 11.3 Å². The minimum Gasteiger partial charge on any atom is -0.378 e. The second-order valence-electron chi connectivity index (χ2n) is 8.09. The van der Waals surface area contributed by atoms with Crippen LogP contribution in [0.25, 0.3) is 10.2 Å². The van der Waals surface area contributed by atoms with Gasteiger partial charge in [0.1, 0.15) is 17.0 Å². The van der Waals surface area contributed by atoms with Crippen LogP contribution in [0.15, 0.2) is 6.33 Å². The van der Waals surface area contributed by atoms with E-state index in [2.05, 4.69) is 21.8 Å². The normalized spacial score (nSPS) is 23.2. The average Bonchev–Trinajstić information content (AvgIpc) is 3.11. The lowest BCUT2D eigenvalue weighted by atomic mass is 9.89. The largest absolute Gasteiger partial charge is 0.378 e. The van der Waals surface area contributed by atoms with E-state index in [1.807, 2.05) is 21.1 Å². The number of amides is 2. The summed E-state index contributed by atoms with van der Waals surface area (Å²) in [5, 5.41) is 1.27. The molecule has 5 rings (SSSR count). The molecule has 2 aliphatic heterocycles. The Morgan fingerprint density at radius 2 is 1.86 bits per heavy atom. The second kappa shape index (κ2) is 7.48. The maximum Gasteiger partial charge on any atom is 0.320 e. The third-order valence-corrected chi connectivity index (χ3v) is 7.37. The standard InChI is InChI=1S/C20H27N5O2S/c1-14-2-3-15-16(12-14)28-19-17(15)18(21-13-22-19)23-4-6-24(7-5-23)20(26)25-8-10-27-11-9-25/h13-14H,2-12H2,1H3. The first-order chi connectivity index (χ1) is 13.7. The topological polar surface area (TPSA) is 61.8 Å². The fraction of sp³-hybridized carbons (Fsp3) is 0.650. The molecule has 1 atom stereocenters. The van der Waals surface area contributed by atoms with Crippen molar-refractivity contribution in [3.05, 3.63) is 16.8 Å². The second-order valence-corrected chi connectivity index (χ2v) is 9.17. The fourth-order valence-corrected chi connectivity index (χ4v) is 5.91. The van der Waals surface area contributed by atoms with Gasteiger partial charge in [0.2, 0.25) is 0 Å². The predicted molar refractivity (Wildman–Crippen MR) is 110 cm³/mol. The molecule has 1 unspecified atom stereocenters. The van der Waals surface area contributed by atoms with Gasteiger partial charge in [-0.1, -0.05) is 6.92 Å². The number of rotatable bonds is 1. The van der Waals surface area contributed by atoms with E-state index in [9.17, 15) is 4.79 Å². The van der Waals surface area contributed by atoms with Crippen LogP contribution in [0, 0.1) is 5.92 Å². The summed E-state index contributed by atoms with van der Waals surface area (Å²) < 4.78 is 5.36. The molecule has 2 aromatic heterocycles. The highest BCUT2D eigenvalue weighted by Crippen LogP contribution is 2.40. The van der Waals surface area contributed by atoms with Gasteiger partial charge in [-0.25, -0.2) is 14.8 Å². The number of thiophene rings is 1. The van der Waals surface area contributed by atoms with Gasteiger partial charge in [-0.05, 0) is 30.7 Å². The first kappa shape index (κ1) is 18.1. The van der Waals surface area contributed by atoms with Crippen LogP contribution in [0.3, 0.4) is 0 Å². The van der Waals surface area contributed by atoms with Crippen molar-refractivity contribution in [2.75, 3.05) is 57.4 Å². The van der Waals surface area contributed by atoms with Gasteiger partial charge in [0.25, 0.3) is 0 Å². The highest BCUT2D eigenvalue weighted by molar-refractivity contribution is 7.19. The molecular formula is C20H27N5O2S. The van der Waals surface area contributed by atoms with Crippen LogP contribution in [0.1, 0.15) is 23.8 Å². The van der Waals surface area contributed by atoms with Crippen molar-refractivity contribution in [3.8, 4) is 0 Å². The number of nitrogens with zero attached hydrogens (tertiary/aromatic N) is 5. The summed E-state index contributed by atoms with van der Waals surface area (Å²) >= 11 is 1.85. The molecule has 0 radical (unpaired) electrons. The molecule has 0 bridgehead atoms. The zero-order chi connectivity index (χ0) is 19.1. The number of carbonyl (C=O) groups excluding carboxylic acids is 1. The number of ether oxygens (including phenoxy) is 1. The monoisotopic (exact) mass is 401 g/mol. The SMILES string of the molecule is CC1CCc2c(sc3ncnc(N4CCN(C(=O)N5CCOCC5)CC4)c23)C1. The number of hydrogen-bond acceptors (Lipinski definition) is 6. The Balaban J connectivity index is 1.34. The number of hydrogen-bond donors (Lipinski definition) is 0. The van der Waals surface area contributed by atoms with E-state index in [0.29, 0.717) is 26.3 Å². The van der Waals surface area contributed by atoms with Gasteiger partial charge >= 0.3 is 6.03 Å². The average molecular weight is 402 g/mol. The third kappa shape index (κ3) is 3.22. The van der Waals surface area contributed by atoms with Gasteiger partial charge in [0.05, 0.1) is 18.6 Å². The van der Waals surface area contributed by atoms with Gasteiger partial charge < -0.3 is 19.4 Å². The summed E-state index contributed by atoms with van der Waals surface area (Å²) in [6, 6.07) is 0.151. The van der Waals surface area contributed by atoms with Gasteiger partial charge in [-0.2, -0.15) is 0 Å². The molecule has 0 spiro atoms. The van der Waals surface area contributed by atoms with Crippen LogP contribution in [-0.4, -0.2) is 78.3 Å². The maximum atomic E-state index is 12.7. The maximum absolute atomic E-state index is 12.7. The highest BCUT2D eigenvalue weighted by Gasteiger charge is 2.29. The molecule has 150 valence electrons. The summed E-state index contributed by atoms with van der Waals surface area (Å²) in [4.78, 5) is 30.8. The van der Waals surface area contributed by atoms with Crippen molar-refractivity contribution in [3.63, 3.8) is 0 Å². The van der Waals surface area contributed by atoms with E-state index >= 15 is 0 Å². The fourth-order valence-electron chi connectivity index (χ4n) is 4.56. The molecule has 7 nitrogen and oxygen atoms in total. The molecule has 0 N–H and O–H groups in total. The third-order valence-electron chi connectivity index (χ3n) is 6.20. The Labute approximate surface area is 169 Å². The number of aryl methyl sites for hydroxylation is 1. The van der Waals surface area contributed by atoms with Crippen LogP contribution >= 0.6 is 11.3 Å². The van der Waals surface area contributed by atoms with Crippen molar-refractivity contribution in [2.45, 2.75) is 26.2 Å². The van der Waals surface area contributed by atoms with Crippen LogP contribution in [0.5, 0.6) is 0 Å². The highest BCUT2D eigenvalue weighted by atomic mass is 32.1. The number of carbonyl (C=O) groups is 1. The number of piperazine rings is 1. The quantitative estimate of drug-likeness (QED) is 0.734. The number of urea groups is 1. The van der Waals surface area contributed by atoms with Crippen molar-refractivity contribution in [1.29, 1.82) is 0 Å². The smallest absolute Gasteiger partial charge is 0.320 e. The summed E-state index contributed by atoms with van der Waals surface area (Å²) in [5.41, 5.74) is 1.47. The molecule has 0 saturated carbocycles. The molecule has 3 aliphatic rings. The minimum absolute atomic E-state index is 0.151. The summed E-state index contributed by atoms with van der Waals surface area (Å²) in [6.45, 7) is 8.16. The van der Waals surface area contributed by atoms with E-state index in [-0.39, 0.29) is 6.03 Å². The Kier molecular flexibility index (Phi) is 4.84. The lowest BCUT2D eigenvalue weighted by Crippen LogP contribution is -2.55. The van der Waals surface area contributed by atoms with Crippen LogP contribution in [0.4, 0.5) is 10.6 Å². The molecule has 2 fully saturated rings. The lowest BCUT2D eigenvalue weighted by Gasteiger charge is -2.39. The Bertz CT molecular complexity index is 871. The van der Waals surface area contributed by atoms with Crippen molar-refractivity contribution < 1.29 is 9.53 Å². The Hall–Kier alpha value is -1.93. The number of aromatic nitrogens is 2. The van der Waals surface area contributed by atoms with E-state index in [1.54, 1.807) is 6.33 Å². The minimum atomic E-state index is 0.151. The molecule has 28 heavy (non-hydrogen) atoms. The van der Waals surface area contributed by atoms with Gasteiger partial charge in [0.15, 0.2) is 0 Å². The Morgan fingerprint density at radius 1 is 1.11 bits per heavy atom. The number of anilines is 1. The molecule has 1 aliphatic carbocycles. The van der Waals surface area contributed by atoms with E-state index in [4.69, 9.17) is 4.74 Å². The molecule has 4 heterocycles. The number of fused-ring (bicyclic) bond motifs is 3. The van der Waals surface area contributed by atoms with E-state index in [1.165, 1.54) is 22.2 Å². The summed E-state index contributed by atoms with van der Waals surface area (Å²) in [6.07, 6.45) is 5.24. The first-order valence-electron chi connectivity index (χ1n) is 10.3. The first-order valence-corrected chi connectivity index (χ1v) is 11.1.